The van der Waals surface area contributed by atoms with Crippen molar-refractivity contribution in [1.82, 2.24) is 4.90 Å². The maximum absolute atomic E-state index is 13.0. The van der Waals surface area contributed by atoms with Crippen LogP contribution >= 0.6 is 11.8 Å². The summed E-state index contributed by atoms with van der Waals surface area (Å²) < 4.78 is 11.0. The molecule has 0 radical (unpaired) electrons. The highest BCUT2D eigenvalue weighted by molar-refractivity contribution is 8.00. The first-order valence-electron chi connectivity index (χ1n) is 9.98. The molecule has 1 aromatic carbocycles. The number of hydrogen-bond acceptors (Lipinski definition) is 5. The van der Waals surface area contributed by atoms with E-state index >= 15 is 0 Å². The van der Waals surface area contributed by atoms with Gasteiger partial charge in [0.15, 0.2) is 6.61 Å². The lowest BCUT2D eigenvalue weighted by atomic mass is 9.88. The molecule has 3 rings (SSSR count). The number of rotatable bonds is 7. The summed E-state index contributed by atoms with van der Waals surface area (Å²) in [7, 11) is 0. The summed E-state index contributed by atoms with van der Waals surface area (Å²) in [6, 6.07) is 8.82. The van der Waals surface area contributed by atoms with Crippen molar-refractivity contribution in [2.45, 2.75) is 56.9 Å². The number of thioether (sulfide) groups is 1. The van der Waals surface area contributed by atoms with Gasteiger partial charge in [0, 0.05) is 5.75 Å². The van der Waals surface area contributed by atoms with Gasteiger partial charge in [0.05, 0.1) is 12.0 Å². The Hall–Kier alpha value is -1.69. The number of esters is 1. The number of carbonyl (C=O) groups is 2. The van der Waals surface area contributed by atoms with Gasteiger partial charge in [0.1, 0.15) is 11.8 Å². The van der Waals surface area contributed by atoms with Crippen molar-refractivity contribution < 1.29 is 19.1 Å². The van der Waals surface area contributed by atoms with Crippen LogP contribution < -0.4 is 4.74 Å². The minimum absolute atomic E-state index is 0.0502. The molecule has 6 heteroatoms. The Morgan fingerprint density at radius 1 is 1.15 bits per heavy atom. The predicted molar refractivity (Wildman–Crippen MR) is 107 cm³/mol. The van der Waals surface area contributed by atoms with E-state index in [-0.39, 0.29) is 23.9 Å². The molecule has 0 N–H and O–H groups in total. The molecule has 2 fully saturated rings. The highest BCUT2D eigenvalue weighted by atomic mass is 32.2. The van der Waals surface area contributed by atoms with Gasteiger partial charge in [0.2, 0.25) is 0 Å². The summed E-state index contributed by atoms with van der Waals surface area (Å²) in [6.07, 6.45) is 6.70. The summed E-state index contributed by atoms with van der Waals surface area (Å²) in [5, 5.41) is 0.0522. The maximum atomic E-state index is 13.0. The zero-order valence-electron chi connectivity index (χ0n) is 16.0. The molecule has 27 heavy (non-hydrogen) atoms. The highest BCUT2D eigenvalue weighted by Crippen LogP contribution is 2.40. The molecule has 2 aliphatic rings. The Labute approximate surface area is 165 Å². The second-order valence-electron chi connectivity index (χ2n) is 7.21. The summed E-state index contributed by atoms with van der Waals surface area (Å²) in [6.45, 7) is 2.32. The standard InChI is InChI=1S/C21H29NO4S/c1-2-13-25-21(24)18-15-27-20(16-9-5-3-6-10-16)22(18)19(23)14-26-17-11-7-4-8-12-17/h4,7-8,11-12,16,18,20H,2-3,5-6,9-10,13-15H2,1H3. The van der Waals surface area contributed by atoms with Crippen molar-refractivity contribution in [2.24, 2.45) is 5.92 Å². The first kappa shape index (κ1) is 20.1. The van der Waals surface area contributed by atoms with Crippen molar-refractivity contribution >= 4 is 23.6 Å². The van der Waals surface area contributed by atoms with Crippen LogP contribution in [0.15, 0.2) is 30.3 Å². The fourth-order valence-electron chi connectivity index (χ4n) is 3.84. The number of benzene rings is 1. The number of amides is 1. The summed E-state index contributed by atoms with van der Waals surface area (Å²) in [5.41, 5.74) is 0. The highest BCUT2D eigenvalue weighted by Gasteiger charge is 2.45. The fraction of sp³-hybridized carbons (Fsp3) is 0.619. The van der Waals surface area contributed by atoms with Crippen LogP contribution in [-0.4, -0.2) is 47.2 Å². The van der Waals surface area contributed by atoms with Crippen LogP contribution in [-0.2, 0) is 14.3 Å². The van der Waals surface area contributed by atoms with Crippen molar-refractivity contribution in [3.8, 4) is 5.75 Å². The Balaban J connectivity index is 1.70. The SMILES string of the molecule is CCCOC(=O)C1CSC(C2CCCCC2)N1C(=O)COc1ccccc1. The van der Waals surface area contributed by atoms with E-state index in [0.29, 0.717) is 24.0 Å². The zero-order chi connectivity index (χ0) is 19.1. The molecule has 2 unspecified atom stereocenters. The second-order valence-corrected chi connectivity index (χ2v) is 8.36. The summed E-state index contributed by atoms with van der Waals surface area (Å²) in [5.74, 6) is 1.32. The van der Waals surface area contributed by atoms with Crippen LogP contribution in [0, 0.1) is 5.92 Å². The molecule has 1 heterocycles. The van der Waals surface area contributed by atoms with Crippen LogP contribution in [0.25, 0.3) is 0 Å². The van der Waals surface area contributed by atoms with E-state index in [0.717, 1.165) is 19.3 Å². The maximum Gasteiger partial charge on any atom is 0.329 e. The molecule has 1 saturated carbocycles. The molecule has 148 valence electrons. The van der Waals surface area contributed by atoms with Crippen LogP contribution in [0.1, 0.15) is 45.4 Å². The quantitative estimate of drug-likeness (QED) is 0.661. The van der Waals surface area contributed by atoms with Gasteiger partial charge in [-0.15, -0.1) is 11.8 Å². The number of para-hydroxylation sites is 1. The Bertz CT molecular complexity index is 618. The van der Waals surface area contributed by atoms with E-state index in [1.165, 1.54) is 19.3 Å². The normalized spacial score (nSPS) is 23.2. The molecule has 0 spiro atoms. The smallest absolute Gasteiger partial charge is 0.329 e. The van der Waals surface area contributed by atoms with Gasteiger partial charge >= 0.3 is 5.97 Å². The van der Waals surface area contributed by atoms with Crippen molar-refractivity contribution in [2.75, 3.05) is 19.0 Å². The van der Waals surface area contributed by atoms with Gasteiger partial charge in [-0.2, -0.15) is 0 Å². The third-order valence-electron chi connectivity index (χ3n) is 5.20. The van der Waals surface area contributed by atoms with E-state index < -0.39 is 6.04 Å². The van der Waals surface area contributed by atoms with E-state index in [2.05, 4.69) is 0 Å². The van der Waals surface area contributed by atoms with E-state index in [1.54, 1.807) is 16.7 Å². The fourth-order valence-corrected chi connectivity index (χ4v) is 5.49. The van der Waals surface area contributed by atoms with E-state index in [1.807, 2.05) is 37.3 Å². The molecule has 1 aliphatic heterocycles. The Morgan fingerprint density at radius 3 is 2.59 bits per heavy atom. The van der Waals surface area contributed by atoms with E-state index in [4.69, 9.17) is 9.47 Å². The molecular formula is C21H29NO4S. The van der Waals surface area contributed by atoms with E-state index in [9.17, 15) is 9.59 Å². The number of hydrogen-bond donors (Lipinski definition) is 0. The molecule has 1 aliphatic carbocycles. The first-order valence-corrected chi connectivity index (χ1v) is 11.0. The van der Waals surface area contributed by atoms with Crippen LogP contribution in [0.5, 0.6) is 5.75 Å². The van der Waals surface area contributed by atoms with Gasteiger partial charge < -0.3 is 14.4 Å². The molecule has 2 atom stereocenters. The van der Waals surface area contributed by atoms with Crippen LogP contribution in [0.2, 0.25) is 0 Å². The average molecular weight is 392 g/mol. The molecular weight excluding hydrogens is 362 g/mol. The summed E-state index contributed by atoms with van der Waals surface area (Å²) in [4.78, 5) is 27.4. The van der Waals surface area contributed by atoms with Crippen LogP contribution in [0.3, 0.4) is 0 Å². The lowest BCUT2D eigenvalue weighted by molar-refractivity contribution is -0.155. The zero-order valence-corrected chi connectivity index (χ0v) is 16.8. The topological polar surface area (TPSA) is 55.8 Å². The minimum Gasteiger partial charge on any atom is -0.484 e. The number of ether oxygens (including phenoxy) is 2. The Kier molecular flexibility index (Phi) is 7.44. The second kappa shape index (κ2) is 10.0. The lowest BCUT2D eigenvalue weighted by Gasteiger charge is -2.35. The summed E-state index contributed by atoms with van der Waals surface area (Å²) >= 11 is 1.73. The van der Waals surface area contributed by atoms with Gasteiger partial charge in [0.25, 0.3) is 5.91 Å². The van der Waals surface area contributed by atoms with Gasteiger partial charge in [-0.05, 0) is 37.3 Å². The van der Waals surface area contributed by atoms with Crippen molar-refractivity contribution in [3.05, 3.63) is 30.3 Å². The lowest BCUT2D eigenvalue weighted by Crippen LogP contribution is -2.50. The van der Waals surface area contributed by atoms with Gasteiger partial charge in [-0.3, -0.25) is 4.79 Å². The number of nitrogens with zero attached hydrogens (tertiary/aromatic N) is 1. The van der Waals surface area contributed by atoms with Gasteiger partial charge in [-0.25, -0.2) is 4.79 Å². The largest absolute Gasteiger partial charge is 0.484 e. The first-order chi connectivity index (χ1) is 13.2. The molecule has 5 nitrogen and oxygen atoms in total. The molecule has 0 aromatic heterocycles. The predicted octanol–water partition coefficient (Wildman–Crippen LogP) is 3.87. The monoisotopic (exact) mass is 391 g/mol. The van der Waals surface area contributed by atoms with Crippen molar-refractivity contribution in [3.63, 3.8) is 0 Å². The third-order valence-corrected chi connectivity index (χ3v) is 6.66. The third kappa shape index (κ3) is 5.18. The minimum atomic E-state index is -0.500. The van der Waals surface area contributed by atoms with Crippen LogP contribution in [0.4, 0.5) is 0 Å². The number of carbonyl (C=O) groups excluding carboxylic acids is 2. The van der Waals surface area contributed by atoms with Gasteiger partial charge in [-0.1, -0.05) is 44.4 Å². The average Bonchev–Trinajstić information content (AvgIpc) is 3.17. The molecule has 0 bridgehead atoms. The molecule has 1 amide bonds. The molecule has 1 saturated heterocycles. The van der Waals surface area contributed by atoms with Crippen molar-refractivity contribution in [1.29, 1.82) is 0 Å². The Morgan fingerprint density at radius 2 is 1.89 bits per heavy atom. The molecule has 1 aromatic rings.